The number of nitrogens with zero attached hydrogens (tertiary/aromatic N) is 8. The van der Waals surface area contributed by atoms with Crippen LogP contribution in [0.1, 0.15) is 60.0 Å². The van der Waals surface area contributed by atoms with E-state index in [1.54, 1.807) is 35.4 Å². The molecule has 1 aromatic carbocycles. The number of benzene rings is 1. The molecule has 0 unspecified atom stereocenters. The Morgan fingerprint density at radius 2 is 1.88 bits per heavy atom. The van der Waals surface area contributed by atoms with Crippen molar-refractivity contribution in [1.82, 2.24) is 29.4 Å². The number of pyridine rings is 1. The maximum absolute atomic E-state index is 14.6. The number of amides is 2. The Bertz CT molecular complexity index is 2220. The van der Waals surface area contributed by atoms with E-state index in [2.05, 4.69) is 34.7 Å². The van der Waals surface area contributed by atoms with E-state index in [1.807, 2.05) is 11.8 Å². The average Bonchev–Trinajstić information content (AvgIpc) is 3.59. The highest BCUT2D eigenvalue weighted by Gasteiger charge is 2.49. The van der Waals surface area contributed by atoms with E-state index in [0.29, 0.717) is 42.3 Å². The molecule has 15 nitrogen and oxygen atoms in total. The van der Waals surface area contributed by atoms with Crippen molar-refractivity contribution in [3.05, 3.63) is 57.0 Å². The zero-order chi connectivity index (χ0) is 36.1. The van der Waals surface area contributed by atoms with Gasteiger partial charge in [0.05, 0.1) is 29.3 Å². The number of rotatable bonds is 5. The number of nitrogens with one attached hydrogen (secondary N) is 1. The average molecular weight is 724 g/mol. The summed E-state index contributed by atoms with van der Waals surface area (Å²) in [6.45, 7) is 4.06. The van der Waals surface area contributed by atoms with Crippen LogP contribution in [0.5, 0.6) is 17.2 Å². The number of fused-ring (bicyclic) bond motifs is 5. The summed E-state index contributed by atoms with van der Waals surface area (Å²) >= 11 is 6.39. The Morgan fingerprint density at radius 3 is 2.61 bits per heavy atom. The number of alkyl halides is 2. The summed E-state index contributed by atoms with van der Waals surface area (Å²) in [5.74, 6) is -1.70. The summed E-state index contributed by atoms with van der Waals surface area (Å²) in [6, 6.07) is 1.21. The third-order valence-corrected chi connectivity index (χ3v) is 10.5. The van der Waals surface area contributed by atoms with Crippen LogP contribution >= 0.6 is 11.6 Å². The van der Waals surface area contributed by atoms with Gasteiger partial charge in [-0.25, -0.2) is 19.9 Å². The normalized spacial score (nSPS) is 22.7. The Morgan fingerprint density at radius 1 is 1.12 bits per heavy atom. The van der Waals surface area contributed by atoms with Crippen molar-refractivity contribution >= 4 is 51.8 Å². The second-order valence-electron chi connectivity index (χ2n) is 13.4. The van der Waals surface area contributed by atoms with Crippen LogP contribution in [0.15, 0.2) is 29.5 Å². The van der Waals surface area contributed by atoms with Gasteiger partial charge in [-0.3, -0.25) is 14.4 Å². The number of aryl methyl sites for hydroxylation is 1. The van der Waals surface area contributed by atoms with Crippen molar-refractivity contribution in [1.29, 1.82) is 0 Å². The summed E-state index contributed by atoms with van der Waals surface area (Å²) in [6.07, 6.45) is 0.540. The van der Waals surface area contributed by atoms with Gasteiger partial charge in [0.25, 0.3) is 5.91 Å². The van der Waals surface area contributed by atoms with E-state index in [1.165, 1.54) is 24.7 Å². The molecular formula is C33H32ClF2N9O6. The zero-order valence-corrected chi connectivity index (χ0v) is 28.6. The fourth-order valence-corrected chi connectivity index (χ4v) is 7.78. The molecule has 2 amide bonds. The molecule has 4 atom stereocenters. The first-order chi connectivity index (χ1) is 24.3. The molecule has 4 aromatic rings. The van der Waals surface area contributed by atoms with E-state index < -0.39 is 29.9 Å². The molecule has 3 aromatic heterocycles. The van der Waals surface area contributed by atoms with E-state index in [-0.39, 0.29) is 75.5 Å². The number of hydrogen-bond acceptors (Lipinski definition) is 12. The molecule has 6 heterocycles. The third kappa shape index (κ3) is 5.07. The lowest BCUT2D eigenvalue weighted by Crippen LogP contribution is -2.67. The van der Waals surface area contributed by atoms with Crippen molar-refractivity contribution in [3.63, 3.8) is 0 Å². The summed E-state index contributed by atoms with van der Waals surface area (Å²) in [4.78, 5) is 65.1. The SMILES string of the molecule is Cc1ncnc(C(=O)N2CCN(c3c4n(c5ncc(N(C)C)nc5c3=O)[C@@H](C(=O)Nc3ccc5c(c3Cl)OC(F)(F)O5)C[C@H]4C)[C@H]3CC[C@@H]32)c1O. The minimum absolute atomic E-state index is 0.0392. The van der Waals surface area contributed by atoms with Gasteiger partial charge in [-0.1, -0.05) is 18.5 Å². The molecule has 2 fully saturated rings. The number of aromatic hydroxyl groups is 1. The molecule has 3 aliphatic heterocycles. The van der Waals surface area contributed by atoms with Gasteiger partial charge < -0.3 is 39.2 Å². The summed E-state index contributed by atoms with van der Waals surface area (Å²) in [5.41, 5.74) is 1.21. The molecule has 0 spiro atoms. The molecule has 266 valence electrons. The van der Waals surface area contributed by atoms with Gasteiger partial charge in [0, 0.05) is 39.1 Å². The number of ether oxygens (including phenoxy) is 2. The van der Waals surface area contributed by atoms with Crippen LogP contribution in [-0.4, -0.2) is 91.9 Å². The second-order valence-corrected chi connectivity index (χ2v) is 13.7. The molecule has 0 bridgehead atoms. The predicted molar refractivity (Wildman–Crippen MR) is 180 cm³/mol. The van der Waals surface area contributed by atoms with Gasteiger partial charge in [-0.05, 0) is 38.3 Å². The smallest absolute Gasteiger partial charge is 0.504 e. The highest BCUT2D eigenvalue weighted by atomic mass is 35.5. The van der Waals surface area contributed by atoms with E-state index in [9.17, 15) is 28.3 Å². The van der Waals surface area contributed by atoms with Crippen molar-refractivity contribution in [2.75, 3.05) is 42.3 Å². The second kappa shape index (κ2) is 11.6. The van der Waals surface area contributed by atoms with E-state index in [4.69, 9.17) is 11.6 Å². The van der Waals surface area contributed by atoms with Crippen LogP contribution in [0.3, 0.4) is 0 Å². The molecule has 2 N–H and O–H groups in total. The molecule has 18 heteroatoms. The standard InChI is InChI=1S/C33H32ClF2N9O6/c1-14-11-19(31(48)40-16-5-8-20-29(22(16)34)51-33(35,36)50-20)45-25(14)26(28(47)23-30(45)37-12-21(41-23)42(3)4)43-9-10-44(18-7-6-17(18)43)32(49)24-27(46)15(2)38-13-39-24/h5,8,12-14,17-19,46H,6-7,9-11H2,1-4H3,(H,40,48)/t14-,17+,18+,19-/m1/s1. The first-order valence-electron chi connectivity index (χ1n) is 16.4. The molecular weight excluding hydrogens is 692 g/mol. The highest BCUT2D eigenvalue weighted by Crippen LogP contribution is 2.50. The lowest BCUT2D eigenvalue weighted by atomic mass is 9.81. The molecule has 0 radical (unpaired) electrons. The van der Waals surface area contributed by atoms with Crippen LogP contribution < -0.4 is 30.0 Å². The Labute approximate surface area is 293 Å². The number of halogens is 3. The fourth-order valence-electron chi connectivity index (χ4n) is 7.54. The van der Waals surface area contributed by atoms with Crippen molar-refractivity contribution < 1.29 is 33.0 Å². The van der Waals surface area contributed by atoms with Crippen molar-refractivity contribution in [2.45, 2.75) is 63.4 Å². The van der Waals surface area contributed by atoms with E-state index >= 15 is 0 Å². The number of carbonyl (C=O) groups excluding carboxylic acids is 2. The van der Waals surface area contributed by atoms with Gasteiger partial charge >= 0.3 is 6.29 Å². The summed E-state index contributed by atoms with van der Waals surface area (Å²) < 4.78 is 38.3. The number of aromatic nitrogens is 5. The minimum Gasteiger partial charge on any atom is -0.504 e. The topological polar surface area (TPSA) is 168 Å². The summed E-state index contributed by atoms with van der Waals surface area (Å²) in [5, 5.41) is 13.0. The molecule has 1 aliphatic carbocycles. The van der Waals surface area contributed by atoms with Crippen LogP contribution in [0, 0.1) is 6.92 Å². The quantitative estimate of drug-likeness (QED) is 0.306. The van der Waals surface area contributed by atoms with Crippen molar-refractivity contribution in [2.24, 2.45) is 0 Å². The lowest BCUT2D eigenvalue weighted by Gasteiger charge is -2.54. The maximum Gasteiger partial charge on any atom is 0.586 e. The Balaban J connectivity index is 1.19. The van der Waals surface area contributed by atoms with Crippen LogP contribution in [0.2, 0.25) is 5.02 Å². The molecule has 1 saturated carbocycles. The van der Waals surface area contributed by atoms with Crippen molar-refractivity contribution in [3.8, 4) is 17.2 Å². The molecule has 1 saturated heterocycles. The zero-order valence-electron chi connectivity index (χ0n) is 27.9. The first kappa shape index (κ1) is 32.9. The monoisotopic (exact) mass is 723 g/mol. The predicted octanol–water partition coefficient (Wildman–Crippen LogP) is 3.82. The van der Waals surface area contributed by atoms with Gasteiger partial charge in [-0.15, -0.1) is 8.78 Å². The number of hydrogen-bond donors (Lipinski definition) is 2. The largest absolute Gasteiger partial charge is 0.586 e. The van der Waals surface area contributed by atoms with Crippen LogP contribution in [0.4, 0.5) is 26.0 Å². The molecule has 8 rings (SSSR count). The summed E-state index contributed by atoms with van der Waals surface area (Å²) in [7, 11) is 3.55. The van der Waals surface area contributed by atoms with Crippen LogP contribution in [-0.2, 0) is 4.79 Å². The number of anilines is 3. The van der Waals surface area contributed by atoms with Crippen LogP contribution in [0.25, 0.3) is 11.2 Å². The van der Waals surface area contributed by atoms with Gasteiger partial charge in [0.1, 0.15) is 28.9 Å². The highest BCUT2D eigenvalue weighted by molar-refractivity contribution is 6.35. The first-order valence-corrected chi connectivity index (χ1v) is 16.7. The Kier molecular flexibility index (Phi) is 7.48. The van der Waals surface area contributed by atoms with Gasteiger partial charge in [-0.2, -0.15) is 0 Å². The van der Waals surface area contributed by atoms with E-state index in [0.717, 1.165) is 0 Å². The van der Waals surface area contributed by atoms with Gasteiger partial charge in [0.2, 0.25) is 11.3 Å². The minimum atomic E-state index is -3.89. The molecule has 51 heavy (non-hydrogen) atoms. The third-order valence-electron chi connectivity index (χ3n) is 10.1. The number of piperazine rings is 1. The number of carbonyl (C=O) groups is 2. The van der Waals surface area contributed by atoms with Gasteiger partial charge in [0.15, 0.2) is 34.1 Å². The Hall–Kier alpha value is -5.32. The maximum atomic E-state index is 14.6. The fraction of sp³-hybridized carbons (Fsp3) is 0.424. The lowest BCUT2D eigenvalue weighted by molar-refractivity contribution is -0.286. The molecule has 4 aliphatic rings.